The summed E-state index contributed by atoms with van der Waals surface area (Å²) in [6, 6.07) is 19.5. The lowest BCUT2D eigenvalue weighted by atomic mass is 10.00. The summed E-state index contributed by atoms with van der Waals surface area (Å²) in [6.45, 7) is 14.7. The molecule has 0 spiro atoms. The predicted octanol–water partition coefficient (Wildman–Crippen LogP) is 4.42. The second-order valence-corrected chi connectivity index (χ2v) is 25.0. The van der Waals surface area contributed by atoms with E-state index in [1.807, 2.05) is 78.8 Å². The van der Waals surface area contributed by atoms with Gasteiger partial charge in [-0.1, -0.05) is 94.8 Å². The minimum absolute atomic E-state index is 0.0269. The third-order valence-electron chi connectivity index (χ3n) is 14.0. The summed E-state index contributed by atoms with van der Waals surface area (Å²) in [7, 11) is -4.46. The normalized spacial score (nSPS) is 14.6. The zero-order valence-corrected chi connectivity index (χ0v) is 52.7. The number of ether oxygens (including phenoxy) is 1. The number of benzene rings is 3. The zero-order chi connectivity index (χ0) is 65.3. The molecule has 1 saturated heterocycles. The van der Waals surface area contributed by atoms with Crippen LogP contribution in [-0.4, -0.2) is 138 Å². The molecule has 3 aromatic carbocycles. The molecule has 1 aromatic heterocycles. The number of aromatic nitrogens is 1. The van der Waals surface area contributed by atoms with Crippen LogP contribution in [0.25, 0.3) is 0 Å². The first-order valence-corrected chi connectivity index (χ1v) is 31.4. The Hall–Kier alpha value is -8.78. The average Bonchev–Trinajstić information content (AvgIpc) is 3.24. The number of hydrazone groups is 1. The molecule has 26 heteroatoms. The number of rotatable bonds is 32. The molecule has 25 nitrogen and oxygen atoms in total. The fraction of sp³-hybridized carbons (Fsp3) is 0.476. The van der Waals surface area contributed by atoms with Crippen LogP contribution in [0, 0.1) is 11.8 Å². The lowest BCUT2D eigenvalue weighted by molar-refractivity contribution is -0.138. The minimum atomic E-state index is -4.46. The van der Waals surface area contributed by atoms with Crippen molar-refractivity contribution in [2.75, 3.05) is 25.1 Å². The molecule has 1 aliphatic rings. The lowest BCUT2D eigenvalue weighted by Crippen LogP contribution is -2.59. The van der Waals surface area contributed by atoms with E-state index in [0.717, 1.165) is 5.56 Å². The summed E-state index contributed by atoms with van der Waals surface area (Å²) in [5.74, 6) is -4.45. The van der Waals surface area contributed by atoms with E-state index >= 15 is 0 Å². The van der Waals surface area contributed by atoms with E-state index in [1.165, 1.54) is 54.6 Å². The number of anilines is 1. The molecule has 4 aromatic rings. The maximum atomic E-state index is 14.6. The summed E-state index contributed by atoms with van der Waals surface area (Å²) in [6.07, 6.45) is 5.87. The monoisotopic (exact) mass is 1250 g/mol. The van der Waals surface area contributed by atoms with Gasteiger partial charge in [0.2, 0.25) is 41.4 Å². The molecule has 0 aliphatic carbocycles. The molecule has 9 amide bonds. The van der Waals surface area contributed by atoms with Crippen molar-refractivity contribution >= 4 is 75.3 Å². The number of unbranched alkanes of at least 4 members (excludes halogenated alkanes) is 2. The number of likely N-dealkylation sites (tertiary alicyclic amines) is 1. The van der Waals surface area contributed by atoms with Crippen molar-refractivity contribution in [2.24, 2.45) is 16.9 Å². The fourth-order valence-electron chi connectivity index (χ4n) is 9.64. The van der Waals surface area contributed by atoms with Gasteiger partial charge in [-0.25, -0.2) is 4.98 Å². The molecule has 2 heterocycles. The van der Waals surface area contributed by atoms with Crippen LogP contribution in [0.3, 0.4) is 0 Å². The smallest absolute Gasteiger partial charge is 0.295 e. The van der Waals surface area contributed by atoms with Crippen LogP contribution >= 0.6 is 0 Å². The first-order chi connectivity index (χ1) is 42.1. The van der Waals surface area contributed by atoms with E-state index in [9.17, 15) is 56.1 Å². The van der Waals surface area contributed by atoms with Gasteiger partial charge in [0.05, 0.1) is 18.3 Å². The Labute approximate surface area is 520 Å². The van der Waals surface area contributed by atoms with Gasteiger partial charge in [0, 0.05) is 44.6 Å². The standard InChI is InChI=1S/C63H86N12O13S/c1-40(2)34-49(71-62(84)52-21-17-33-75(52)42(5)76)58(80)66-39-56(78)68-48(30-26-43-18-11-9-12-19-43)59(81)70-51(36-44-24-28-47(29-25-44)88-63(6,7)8)60(82)69-50(35-41(3)4)61(83)74-73-55(77)23-13-10-16-32-64-57(79)46-27-31-54(65-37-46)72-67-38-45-20-14-15-22-53(45)89(85,86)87/h9,11-12,14-15,18-20,22,24-25,27-29,31,37-38,40-41,48-52H,10,13,16-17,21,23,26,30,32-36,39H2,1-8H3,(H,64,79)(H,65,72)(H,66,80)(H,68,78)(H,69,82)(H,70,81)(H,71,84)(H,73,77)(H,74,83)(H,85,86,87)/t48-,49-,50-,51-,52-/m0/s1. The second kappa shape index (κ2) is 34.7. The Morgan fingerprint density at radius 3 is 2.00 bits per heavy atom. The van der Waals surface area contributed by atoms with Crippen molar-refractivity contribution in [2.45, 2.75) is 167 Å². The van der Waals surface area contributed by atoms with Crippen molar-refractivity contribution in [3.05, 3.63) is 119 Å². The number of hydrazine groups is 1. The van der Waals surface area contributed by atoms with E-state index < -0.39 is 93.8 Å². The van der Waals surface area contributed by atoms with Crippen LogP contribution in [0.15, 0.2) is 107 Å². The molecule has 0 saturated carbocycles. The van der Waals surface area contributed by atoms with E-state index in [1.54, 1.807) is 30.3 Å². The minimum Gasteiger partial charge on any atom is -0.488 e. The molecule has 5 atom stereocenters. The van der Waals surface area contributed by atoms with Gasteiger partial charge in [-0.2, -0.15) is 13.5 Å². The molecule has 482 valence electrons. The van der Waals surface area contributed by atoms with E-state index in [4.69, 9.17) is 4.74 Å². The van der Waals surface area contributed by atoms with Gasteiger partial charge in [0.25, 0.3) is 21.9 Å². The molecule has 0 radical (unpaired) electrons. The molecular weight excluding hydrogens is 1160 g/mol. The summed E-state index contributed by atoms with van der Waals surface area (Å²) >= 11 is 0. The largest absolute Gasteiger partial charge is 0.488 e. The SMILES string of the molecule is CC(=O)N1CCC[C@H]1C(=O)N[C@@H](CC(C)C)C(=O)NCC(=O)N[C@@H](CCc1ccccc1)C(=O)N[C@@H](Cc1ccc(OC(C)(C)C)cc1)C(=O)N[C@@H](CC(C)C)C(=O)NNC(=O)CCCCCNC(=O)c1ccc(NN=Cc2ccccc2S(=O)(=O)O)nc1. The van der Waals surface area contributed by atoms with E-state index in [-0.39, 0.29) is 77.6 Å². The van der Waals surface area contributed by atoms with E-state index in [2.05, 4.69) is 58.3 Å². The first kappa shape index (κ1) is 71.0. The topological polar surface area (TPSA) is 354 Å². The number of aryl methyl sites for hydroxylation is 1. The van der Waals surface area contributed by atoms with Crippen molar-refractivity contribution in [3.8, 4) is 5.75 Å². The number of carbonyl (C=O) groups excluding carboxylic acids is 9. The predicted molar refractivity (Wildman–Crippen MR) is 334 cm³/mol. The molecular formula is C63H86N12O13S. The summed E-state index contributed by atoms with van der Waals surface area (Å²) in [5, 5.41) is 20.5. The summed E-state index contributed by atoms with van der Waals surface area (Å²) in [4.78, 5) is 127. The van der Waals surface area contributed by atoms with Crippen LogP contribution in [-0.2, 0) is 61.3 Å². The quantitative estimate of drug-likeness (QED) is 0.0140. The maximum absolute atomic E-state index is 14.6. The van der Waals surface area contributed by atoms with Gasteiger partial charge < -0.3 is 41.5 Å². The third kappa shape index (κ3) is 25.1. The molecule has 1 fully saturated rings. The van der Waals surface area contributed by atoms with Gasteiger partial charge in [-0.15, -0.1) is 0 Å². The Balaban J connectivity index is 1.18. The first-order valence-electron chi connectivity index (χ1n) is 29.9. The number of nitrogens with zero attached hydrogens (tertiary/aromatic N) is 3. The second-order valence-electron chi connectivity index (χ2n) is 23.7. The summed E-state index contributed by atoms with van der Waals surface area (Å²) < 4.78 is 38.7. The molecule has 0 bridgehead atoms. The summed E-state index contributed by atoms with van der Waals surface area (Å²) in [5.41, 5.74) is 8.88. The molecule has 1 aliphatic heterocycles. The molecule has 10 N–H and O–H groups in total. The highest BCUT2D eigenvalue weighted by Crippen LogP contribution is 2.21. The lowest BCUT2D eigenvalue weighted by Gasteiger charge is -2.27. The number of nitrogens with one attached hydrogen (secondary N) is 9. The van der Waals surface area contributed by atoms with Crippen molar-refractivity contribution in [1.29, 1.82) is 0 Å². The van der Waals surface area contributed by atoms with E-state index in [0.29, 0.717) is 62.9 Å². The zero-order valence-electron chi connectivity index (χ0n) is 51.9. The van der Waals surface area contributed by atoms with Gasteiger partial charge in [-0.05, 0) is 125 Å². The van der Waals surface area contributed by atoms with Gasteiger partial charge in [-0.3, -0.25) is 64.0 Å². The Morgan fingerprint density at radius 2 is 1.36 bits per heavy atom. The maximum Gasteiger partial charge on any atom is 0.295 e. The van der Waals surface area contributed by atoms with Gasteiger partial charge >= 0.3 is 0 Å². The number of pyridine rings is 1. The van der Waals surface area contributed by atoms with Gasteiger partial charge in [0.15, 0.2) is 0 Å². The van der Waals surface area contributed by atoms with Crippen LogP contribution in [0.2, 0.25) is 0 Å². The van der Waals surface area contributed by atoms with Crippen LogP contribution in [0.4, 0.5) is 5.82 Å². The molecule has 5 rings (SSSR count). The Morgan fingerprint density at radius 1 is 0.708 bits per heavy atom. The van der Waals surface area contributed by atoms with Crippen molar-refractivity contribution < 1.29 is 60.9 Å². The third-order valence-corrected chi connectivity index (χ3v) is 14.9. The number of amides is 9. The molecule has 89 heavy (non-hydrogen) atoms. The Bertz CT molecular complexity index is 3190. The van der Waals surface area contributed by atoms with Crippen molar-refractivity contribution in [3.63, 3.8) is 0 Å². The highest BCUT2D eigenvalue weighted by atomic mass is 32.2. The van der Waals surface area contributed by atoms with Crippen LogP contribution < -0.4 is 52.9 Å². The number of hydrogen-bond donors (Lipinski definition) is 10. The average molecular weight is 1250 g/mol. The Kier molecular flexibility index (Phi) is 27.7. The molecule has 0 unspecified atom stereocenters. The number of hydrogen-bond acceptors (Lipinski definition) is 15. The van der Waals surface area contributed by atoms with Crippen LogP contribution in [0.5, 0.6) is 5.75 Å². The highest BCUT2D eigenvalue weighted by molar-refractivity contribution is 7.86. The van der Waals surface area contributed by atoms with Gasteiger partial charge in [0.1, 0.15) is 52.3 Å². The van der Waals surface area contributed by atoms with Crippen molar-refractivity contribution in [1.82, 2.24) is 52.6 Å². The van der Waals surface area contributed by atoms with Crippen LogP contribution in [0.1, 0.15) is 140 Å². The fourth-order valence-corrected chi connectivity index (χ4v) is 10.3. The number of carbonyl (C=O) groups is 9. The highest BCUT2D eigenvalue weighted by Gasteiger charge is 2.36.